The van der Waals surface area contributed by atoms with E-state index in [0.29, 0.717) is 18.0 Å². The van der Waals surface area contributed by atoms with Gasteiger partial charge in [-0.3, -0.25) is 9.69 Å². The number of nitro groups is 1. The molecule has 8 heteroatoms. The SMILES string of the molecule is O=C(Cn1cnc([N+](=O)[O-])c1)N1c2ccccc2OCC1c1ccccc1. The van der Waals surface area contributed by atoms with E-state index in [9.17, 15) is 14.9 Å². The number of carbonyl (C=O) groups is 1. The number of amides is 1. The number of ether oxygens (including phenoxy) is 1. The van der Waals surface area contributed by atoms with Crippen LogP contribution in [-0.2, 0) is 11.3 Å². The largest absolute Gasteiger partial charge is 0.489 e. The van der Waals surface area contributed by atoms with Crippen LogP contribution >= 0.6 is 0 Å². The van der Waals surface area contributed by atoms with Crippen molar-refractivity contribution in [3.05, 3.63) is 82.8 Å². The highest BCUT2D eigenvalue weighted by atomic mass is 16.6. The lowest BCUT2D eigenvalue weighted by Gasteiger charge is -2.37. The normalized spacial score (nSPS) is 15.7. The van der Waals surface area contributed by atoms with E-state index in [0.717, 1.165) is 5.56 Å². The van der Waals surface area contributed by atoms with Gasteiger partial charge in [-0.25, -0.2) is 0 Å². The minimum atomic E-state index is -0.586. The predicted octanol–water partition coefficient (Wildman–Crippen LogP) is 2.96. The monoisotopic (exact) mass is 364 g/mol. The predicted molar refractivity (Wildman–Crippen MR) is 97.5 cm³/mol. The number of fused-ring (bicyclic) bond motifs is 1. The zero-order valence-corrected chi connectivity index (χ0v) is 14.3. The van der Waals surface area contributed by atoms with Gasteiger partial charge in [0, 0.05) is 0 Å². The summed E-state index contributed by atoms with van der Waals surface area (Å²) in [4.78, 5) is 28.8. The van der Waals surface area contributed by atoms with Crippen molar-refractivity contribution in [3.8, 4) is 5.75 Å². The first-order chi connectivity index (χ1) is 13.1. The number of hydrogen-bond donors (Lipinski definition) is 0. The summed E-state index contributed by atoms with van der Waals surface area (Å²) < 4.78 is 7.27. The smallest absolute Gasteiger partial charge is 0.381 e. The molecule has 3 aromatic rings. The minimum Gasteiger partial charge on any atom is -0.489 e. The van der Waals surface area contributed by atoms with E-state index in [1.54, 1.807) is 4.90 Å². The summed E-state index contributed by atoms with van der Waals surface area (Å²) in [5.41, 5.74) is 1.63. The second-order valence-electron chi connectivity index (χ2n) is 6.13. The van der Waals surface area contributed by atoms with Crippen LogP contribution in [0.3, 0.4) is 0 Å². The van der Waals surface area contributed by atoms with Crippen LogP contribution in [0.2, 0.25) is 0 Å². The first kappa shape index (κ1) is 16.8. The summed E-state index contributed by atoms with van der Waals surface area (Å²) in [5, 5.41) is 10.8. The van der Waals surface area contributed by atoms with Crippen molar-refractivity contribution in [2.75, 3.05) is 11.5 Å². The fourth-order valence-electron chi connectivity index (χ4n) is 3.18. The number of imidazole rings is 1. The minimum absolute atomic E-state index is 0.0570. The Morgan fingerprint density at radius 1 is 1.19 bits per heavy atom. The highest BCUT2D eigenvalue weighted by molar-refractivity contribution is 5.96. The lowest BCUT2D eigenvalue weighted by atomic mass is 10.0. The van der Waals surface area contributed by atoms with Crippen molar-refractivity contribution >= 4 is 17.4 Å². The maximum atomic E-state index is 13.1. The molecule has 136 valence electrons. The molecule has 1 aromatic heterocycles. The van der Waals surface area contributed by atoms with E-state index in [1.165, 1.54) is 17.1 Å². The third kappa shape index (κ3) is 3.24. The summed E-state index contributed by atoms with van der Waals surface area (Å²) in [7, 11) is 0. The number of benzene rings is 2. The van der Waals surface area contributed by atoms with Crippen LogP contribution in [0.25, 0.3) is 0 Å². The zero-order valence-electron chi connectivity index (χ0n) is 14.3. The van der Waals surface area contributed by atoms with E-state index in [4.69, 9.17) is 4.74 Å². The standard InChI is InChI=1S/C19H16N4O4/c24-19(11-21-10-18(20-13-21)23(25)26)22-15-8-4-5-9-17(15)27-12-16(22)14-6-2-1-3-7-14/h1-10,13,16H,11-12H2. The van der Waals surface area contributed by atoms with Crippen molar-refractivity contribution in [2.24, 2.45) is 0 Å². The quantitative estimate of drug-likeness (QED) is 0.524. The molecule has 1 atom stereocenters. The fraction of sp³-hybridized carbons (Fsp3) is 0.158. The zero-order chi connectivity index (χ0) is 18.8. The van der Waals surface area contributed by atoms with Crippen LogP contribution in [-0.4, -0.2) is 27.0 Å². The van der Waals surface area contributed by atoms with Crippen molar-refractivity contribution in [1.29, 1.82) is 0 Å². The molecule has 2 heterocycles. The van der Waals surface area contributed by atoms with Crippen LogP contribution in [0.1, 0.15) is 11.6 Å². The fourth-order valence-corrected chi connectivity index (χ4v) is 3.18. The molecule has 0 bridgehead atoms. The van der Waals surface area contributed by atoms with E-state index >= 15 is 0 Å². The highest BCUT2D eigenvalue weighted by Gasteiger charge is 2.33. The Kier molecular flexibility index (Phi) is 4.29. The Morgan fingerprint density at radius 3 is 2.67 bits per heavy atom. The number of aromatic nitrogens is 2. The van der Waals surface area contributed by atoms with Gasteiger partial charge in [0.25, 0.3) is 0 Å². The summed E-state index contributed by atoms with van der Waals surface area (Å²) in [5.74, 6) is 0.145. The lowest BCUT2D eigenvalue weighted by molar-refractivity contribution is -0.389. The first-order valence-corrected chi connectivity index (χ1v) is 8.38. The van der Waals surface area contributed by atoms with Crippen LogP contribution in [0.15, 0.2) is 67.1 Å². The molecule has 0 radical (unpaired) electrons. The Balaban J connectivity index is 1.68. The molecule has 27 heavy (non-hydrogen) atoms. The third-order valence-corrected chi connectivity index (χ3v) is 4.41. The molecule has 1 unspecified atom stereocenters. The number of nitrogens with zero attached hydrogens (tertiary/aromatic N) is 4. The molecule has 0 N–H and O–H groups in total. The summed E-state index contributed by atoms with van der Waals surface area (Å²) >= 11 is 0. The van der Waals surface area contributed by atoms with Crippen molar-refractivity contribution in [2.45, 2.75) is 12.6 Å². The van der Waals surface area contributed by atoms with Gasteiger partial charge in [0.1, 0.15) is 25.1 Å². The summed E-state index contributed by atoms with van der Waals surface area (Å²) in [6.07, 6.45) is 2.54. The van der Waals surface area contributed by atoms with Gasteiger partial charge in [0.15, 0.2) is 0 Å². The topological polar surface area (TPSA) is 90.5 Å². The number of rotatable bonds is 4. The average Bonchev–Trinajstić information content (AvgIpc) is 3.16. The molecule has 0 fully saturated rings. The molecule has 2 aromatic carbocycles. The van der Waals surface area contributed by atoms with Crippen molar-refractivity contribution in [3.63, 3.8) is 0 Å². The Morgan fingerprint density at radius 2 is 1.93 bits per heavy atom. The molecule has 0 aliphatic carbocycles. The number of carbonyl (C=O) groups excluding carboxylic acids is 1. The van der Waals surface area contributed by atoms with Gasteiger partial charge in [0.05, 0.1) is 11.7 Å². The molecular weight excluding hydrogens is 348 g/mol. The number of hydrogen-bond acceptors (Lipinski definition) is 5. The molecule has 1 amide bonds. The second-order valence-corrected chi connectivity index (χ2v) is 6.13. The van der Waals surface area contributed by atoms with Crippen LogP contribution in [0, 0.1) is 10.1 Å². The Hall–Kier alpha value is -3.68. The molecule has 8 nitrogen and oxygen atoms in total. The number of para-hydroxylation sites is 2. The second kappa shape index (κ2) is 6.91. The molecule has 0 saturated heterocycles. The van der Waals surface area contributed by atoms with Crippen molar-refractivity contribution in [1.82, 2.24) is 9.55 Å². The molecule has 0 spiro atoms. The summed E-state index contributed by atoms with van der Waals surface area (Å²) in [6.45, 7) is 0.273. The molecule has 1 aliphatic rings. The van der Waals surface area contributed by atoms with Gasteiger partial charge in [-0.2, -0.15) is 0 Å². The Labute approximate surface area is 154 Å². The van der Waals surface area contributed by atoms with Gasteiger partial charge in [-0.1, -0.05) is 42.5 Å². The lowest BCUT2D eigenvalue weighted by Crippen LogP contribution is -2.42. The van der Waals surface area contributed by atoms with Crippen LogP contribution in [0.4, 0.5) is 11.5 Å². The van der Waals surface area contributed by atoms with E-state index in [1.807, 2.05) is 54.6 Å². The van der Waals surface area contributed by atoms with Gasteiger partial charge in [-0.15, -0.1) is 0 Å². The van der Waals surface area contributed by atoms with Crippen LogP contribution in [0.5, 0.6) is 5.75 Å². The van der Waals surface area contributed by atoms with E-state index < -0.39 is 4.92 Å². The van der Waals surface area contributed by atoms with Gasteiger partial charge in [0.2, 0.25) is 12.2 Å². The molecular formula is C19H16N4O4. The maximum Gasteiger partial charge on any atom is 0.381 e. The van der Waals surface area contributed by atoms with E-state index in [-0.39, 0.29) is 24.3 Å². The summed E-state index contributed by atoms with van der Waals surface area (Å²) in [6, 6.07) is 16.7. The maximum absolute atomic E-state index is 13.1. The van der Waals surface area contributed by atoms with Gasteiger partial charge in [-0.05, 0) is 27.6 Å². The first-order valence-electron chi connectivity index (χ1n) is 8.38. The van der Waals surface area contributed by atoms with Gasteiger partial charge < -0.3 is 19.4 Å². The number of anilines is 1. The third-order valence-electron chi connectivity index (χ3n) is 4.41. The molecule has 0 saturated carbocycles. The molecule has 4 rings (SSSR count). The van der Waals surface area contributed by atoms with Crippen LogP contribution < -0.4 is 9.64 Å². The molecule has 1 aliphatic heterocycles. The Bertz CT molecular complexity index is 986. The highest BCUT2D eigenvalue weighted by Crippen LogP contribution is 2.39. The average molecular weight is 364 g/mol. The van der Waals surface area contributed by atoms with Crippen molar-refractivity contribution < 1.29 is 14.5 Å². The van der Waals surface area contributed by atoms with E-state index in [2.05, 4.69) is 4.98 Å². The van der Waals surface area contributed by atoms with Gasteiger partial charge >= 0.3 is 5.82 Å².